The molecule has 0 unspecified atom stereocenters. The van der Waals surface area contributed by atoms with Crippen LogP contribution in [0.3, 0.4) is 0 Å². The minimum Gasteiger partial charge on any atom is -0.465 e. The Morgan fingerprint density at radius 3 is 2.83 bits per heavy atom. The van der Waals surface area contributed by atoms with Crippen molar-refractivity contribution >= 4 is 33.9 Å². The zero-order valence-corrected chi connectivity index (χ0v) is 14.6. The van der Waals surface area contributed by atoms with Gasteiger partial charge in [-0.05, 0) is 47.4 Å². The molecule has 0 saturated heterocycles. The molecule has 1 aliphatic rings. The number of carbonyl (C=O) groups is 1. The van der Waals surface area contributed by atoms with E-state index in [1.807, 2.05) is 36.4 Å². The molecule has 0 bridgehead atoms. The predicted molar refractivity (Wildman–Crippen MR) is 100 cm³/mol. The number of carbonyl (C=O) groups excluding carboxylic acids is 1. The van der Waals surface area contributed by atoms with Crippen molar-refractivity contribution in [2.24, 2.45) is 0 Å². The summed E-state index contributed by atoms with van der Waals surface area (Å²) >= 11 is 6.53. The molecule has 0 atom stereocenters. The Labute approximate surface area is 147 Å². The van der Waals surface area contributed by atoms with E-state index in [1.54, 1.807) is 6.07 Å². The van der Waals surface area contributed by atoms with Crippen molar-refractivity contribution in [2.45, 2.75) is 19.8 Å². The normalized spacial score (nSPS) is 14.5. The van der Waals surface area contributed by atoms with E-state index in [9.17, 15) is 4.79 Å². The van der Waals surface area contributed by atoms with Crippen molar-refractivity contribution in [3.8, 4) is 0 Å². The van der Waals surface area contributed by atoms with E-state index in [4.69, 9.17) is 16.3 Å². The number of methoxy groups -OCH3 is 1. The van der Waals surface area contributed by atoms with Gasteiger partial charge in [0, 0.05) is 10.6 Å². The Bertz CT molecular complexity index is 888. The summed E-state index contributed by atoms with van der Waals surface area (Å²) < 4.78 is 4.85. The summed E-state index contributed by atoms with van der Waals surface area (Å²) in [5.74, 6) is -0.336. The van der Waals surface area contributed by atoms with Crippen molar-refractivity contribution in [1.29, 1.82) is 0 Å². The second kappa shape index (κ2) is 7.06. The molecule has 122 valence electrons. The first-order valence-corrected chi connectivity index (χ1v) is 8.39. The summed E-state index contributed by atoms with van der Waals surface area (Å²) in [5.41, 5.74) is 3.90. The molecule has 0 amide bonds. The van der Waals surface area contributed by atoms with Crippen LogP contribution in [0.2, 0.25) is 0 Å². The largest absolute Gasteiger partial charge is 0.465 e. The van der Waals surface area contributed by atoms with Crippen LogP contribution >= 0.6 is 11.6 Å². The highest BCUT2D eigenvalue weighted by molar-refractivity contribution is 6.35. The molecular weight excluding hydrogens is 320 g/mol. The first-order valence-electron chi connectivity index (χ1n) is 8.01. The van der Waals surface area contributed by atoms with Crippen molar-refractivity contribution in [1.82, 2.24) is 0 Å². The fourth-order valence-corrected chi connectivity index (χ4v) is 3.19. The number of ether oxygens (including phenoxy) is 1. The van der Waals surface area contributed by atoms with Crippen molar-refractivity contribution < 1.29 is 9.53 Å². The van der Waals surface area contributed by atoms with Gasteiger partial charge in [-0.25, -0.2) is 4.79 Å². The monoisotopic (exact) mass is 338 g/mol. The van der Waals surface area contributed by atoms with Gasteiger partial charge in [0.05, 0.1) is 12.7 Å². The molecule has 3 heteroatoms. The second-order valence-electron chi connectivity index (χ2n) is 5.76. The second-order valence-corrected chi connectivity index (χ2v) is 6.16. The zero-order valence-electron chi connectivity index (χ0n) is 13.8. The summed E-state index contributed by atoms with van der Waals surface area (Å²) in [6, 6.07) is 11.7. The van der Waals surface area contributed by atoms with Gasteiger partial charge in [0.1, 0.15) is 0 Å². The van der Waals surface area contributed by atoms with Crippen molar-refractivity contribution in [3.05, 3.63) is 76.4 Å². The maximum absolute atomic E-state index is 11.9. The van der Waals surface area contributed by atoms with E-state index >= 15 is 0 Å². The molecule has 0 aliphatic heterocycles. The third-order valence-electron chi connectivity index (χ3n) is 4.30. The first kappa shape index (κ1) is 16.5. The predicted octanol–water partition coefficient (Wildman–Crippen LogP) is 5.87. The van der Waals surface area contributed by atoms with E-state index in [0.717, 1.165) is 39.8 Å². The zero-order chi connectivity index (χ0) is 17.1. The number of hydrogen-bond acceptors (Lipinski definition) is 2. The lowest BCUT2D eigenvalue weighted by molar-refractivity contribution is 0.0601. The molecule has 2 nitrogen and oxygen atoms in total. The summed E-state index contributed by atoms with van der Waals surface area (Å²) in [6.45, 7) is 2.15. The van der Waals surface area contributed by atoms with Gasteiger partial charge in [-0.1, -0.05) is 60.5 Å². The molecular formula is C21H19ClO2. The smallest absolute Gasteiger partial charge is 0.337 e. The molecule has 0 aromatic heterocycles. The standard InChI is InChI=1S/C21H19ClO2/c1-3-14-6-4-9-20(22)19(12-14)17-8-5-7-15-10-11-16(13-18(15)17)21(23)24-2/h4-5,7-13H,3,6H2,1-2H3. The van der Waals surface area contributed by atoms with Crippen LogP contribution in [0.1, 0.15) is 35.7 Å². The van der Waals surface area contributed by atoms with Crippen LogP contribution in [0.15, 0.2) is 65.2 Å². The van der Waals surface area contributed by atoms with Crippen LogP contribution < -0.4 is 0 Å². The number of fused-ring (bicyclic) bond motifs is 1. The summed E-state index contributed by atoms with van der Waals surface area (Å²) in [5, 5.41) is 2.78. The van der Waals surface area contributed by atoms with E-state index in [2.05, 4.69) is 19.1 Å². The Morgan fingerprint density at radius 2 is 2.08 bits per heavy atom. The molecule has 0 saturated carbocycles. The lowest BCUT2D eigenvalue weighted by atomic mass is 9.95. The van der Waals surface area contributed by atoms with Crippen LogP contribution in [0.5, 0.6) is 0 Å². The number of allylic oxidation sites excluding steroid dienone is 6. The topological polar surface area (TPSA) is 26.3 Å². The Balaban J connectivity index is 2.25. The highest BCUT2D eigenvalue weighted by Gasteiger charge is 2.13. The molecule has 0 fully saturated rings. The average Bonchev–Trinajstić information content (AvgIpc) is 2.81. The first-order chi connectivity index (χ1) is 11.6. The quantitative estimate of drug-likeness (QED) is 0.654. The number of rotatable bonds is 3. The van der Waals surface area contributed by atoms with Gasteiger partial charge in [0.15, 0.2) is 0 Å². The van der Waals surface area contributed by atoms with Crippen LogP contribution in [0, 0.1) is 0 Å². The molecule has 3 rings (SSSR count). The fourth-order valence-electron chi connectivity index (χ4n) is 2.94. The highest BCUT2D eigenvalue weighted by Crippen LogP contribution is 2.34. The average molecular weight is 339 g/mol. The lowest BCUT2D eigenvalue weighted by Crippen LogP contribution is -2.01. The molecule has 1 aliphatic carbocycles. The molecule has 24 heavy (non-hydrogen) atoms. The molecule has 0 heterocycles. The molecule has 2 aromatic rings. The van der Waals surface area contributed by atoms with Gasteiger partial charge >= 0.3 is 5.97 Å². The number of benzene rings is 2. The summed E-state index contributed by atoms with van der Waals surface area (Å²) in [6.07, 6.45) is 8.11. The Hall–Kier alpha value is -2.32. The fraction of sp³-hybridized carbons (Fsp3) is 0.190. The highest BCUT2D eigenvalue weighted by atomic mass is 35.5. The number of hydrogen-bond donors (Lipinski definition) is 0. The SMILES string of the molecule is CCC1=CC(c2cccc3ccc(C(=O)OC)cc23)=C(Cl)C=CC1. The van der Waals surface area contributed by atoms with E-state index in [0.29, 0.717) is 5.56 Å². The van der Waals surface area contributed by atoms with Crippen LogP contribution in [-0.4, -0.2) is 13.1 Å². The molecule has 2 aromatic carbocycles. The third-order valence-corrected chi connectivity index (χ3v) is 4.63. The van der Waals surface area contributed by atoms with E-state index in [-0.39, 0.29) is 5.97 Å². The molecule has 0 N–H and O–H groups in total. The van der Waals surface area contributed by atoms with Crippen LogP contribution in [0.25, 0.3) is 16.3 Å². The molecule has 0 radical (unpaired) electrons. The van der Waals surface area contributed by atoms with Gasteiger partial charge in [0.2, 0.25) is 0 Å². The van der Waals surface area contributed by atoms with Gasteiger partial charge < -0.3 is 4.74 Å². The maximum atomic E-state index is 11.9. The summed E-state index contributed by atoms with van der Waals surface area (Å²) in [4.78, 5) is 11.9. The minimum atomic E-state index is -0.336. The van der Waals surface area contributed by atoms with Crippen molar-refractivity contribution in [3.63, 3.8) is 0 Å². The van der Waals surface area contributed by atoms with Gasteiger partial charge in [-0.15, -0.1) is 0 Å². The van der Waals surface area contributed by atoms with Crippen LogP contribution in [-0.2, 0) is 4.74 Å². The van der Waals surface area contributed by atoms with Gasteiger partial charge in [-0.3, -0.25) is 0 Å². The molecule has 0 spiro atoms. The number of halogens is 1. The summed E-state index contributed by atoms with van der Waals surface area (Å²) in [7, 11) is 1.39. The lowest BCUT2D eigenvalue weighted by Gasteiger charge is -2.11. The van der Waals surface area contributed by atoms with E-state index in [1.165, 1.54) is 12.7 Å². The Morgan fingerprint density at radius 1 is 1.25 bits per heavy atom. The minimum absolute atomic E-state index is 0.336. The Kier molecular flexibility index (Phi) is 4.86. The number of esters is 1. The van der Waals surface area contributed by atoms with Crippen LogP contribution in [0.4, 0.5) is 0 Å². The van der Waals surface area contributed by atoms with Gasteiger partial charge in [0.25, 0.3) is 0 Å². The van der Waals surface area contributed by atoms with Crippen molar-refractivity contribution in [2.75, 3.05) is 7.11 Å². The maximum Gasteiger partial charge on any atom is 0.337 e. The third kappa shape index (κ3) is 3.15. The van der Waals surface area contributed by atoms with Gasteiger partial charge in [-0.2, -0.15) is 0 Å². The van der Waals surface area contributed by atoms with E-state index < -0.39 is 0 Å².